The molecule has 0 aliphatic rings. The van der Waals surface area contributed by atoms with E-state index in [0.29, 0.717) is 19.6 Å². The zero-order valence-corrected chi connectivity index (χ0v) is 13.6. The molecule has 0 atom stereocenters. The Morgan fingerprint density at radius 1 is 1.33 bits per heavy atom. The molecule has 0 radical (unpaired) electrons. The van der Waals surface area contributed by atoms with Crippen LogP contribution in [0, 0.1) is 0 Å². The van der Waals surface area contributed by atoms with E-state index in [1.165, 1.54) is 4.88 Å². The number of thiophene rings is 1. The van der Waals surface area contributed by atoms with Crippen molar-refractivity contribution in [3.05, 3.63) is 57.2 Å². The first-order valence-electron chi connectivity index (χ1n) is 6.98. The van der Waals surface area contributed by atoms with Crippen molar-refractivity contribution in [3.8, 4) is 0 Å². The van der Waals surface area contributed by atoms with E-state index < -0.39 is 0 Å². The Bertz CT molecular complexity index is 571. The maximum atomic E-state index is 12.2. The zero-order valence-electron chi connectivity index (χ0n) is 12.0. The first-order chi connectivity index (χ1) is 10.2. The topological polar surface area (TPSA) is 32.3 Å². The number of carbonyl (C=O) groups is 1. The molecule has 0 saturated carbocycles. The van der Waals surface area contributed by atoms with Crippen LogP contribution in [0.5, 0.6) is 0 Å². The van der Waals surface area contributed by atoms with Crippen LogP contribution in [-0.4, -0.2) is 24.0 Å². The molecule has 1 aromatic heterocycles. The van der Waals surface area contributed by atoms with E-state index in [2.05, 4.69) is 5.32 Å². The predicted molar refractivity (Wildman–Crippen MR) is 89.0 cm³/mol. The number of urea groups is 1. The Kier molecular flexibility index (Phi) is 6.08. The highest BCUT2D eigenvalue weighted by Gasteiger charge is 2.11. The number of nitrogens with one attached hydrogen (secondary N) is 1. The molecular formula is C16H19ClN2OS. The summed E-state index contributed by atoms with van der Waals surface area (Å²) in [7, 11) is 0. The second kappa shape index (κ2) is 8.05. The van der Waals surface area contributed by atoms with Crippen LogP contribution in [0.25, 0.3) is 0 Å². The fourth-order valence-corrected chi connectivity index (χ4v) is 2.97. The third-order valence-electron chi connectivity index (χ3n) is 3.17. The van der Waals surface area contributed by atoms with Crippen LogP contribution < -0.4 is 5.32 Å². The molecule has 21 heavy (non-hydrogen) atoms. The Labute approximate surface area is 134 Å². The molecule has 0 aliphatic carbocycles. The van der Waals surface area contributed by atoms with Gasteiger partial charge in [0, 0.05) is 23.0 Å². The van der Waals surface area contributed by atoms with Crippen molar-refractivity contribution in [3.63, 3.8) is 0 Å². The summed E-state index contributed by atoms with van der Waals surface area (Å²) >= 11 is 7.61. The average molecular weight is 323 g/mol. The second-order valence-corrected chi connectivity index (χ2v) is 6.17. The van der Waals surface area contributed by atoms with Crippen LogP contribution >= 0.6 is 22.9 Å². The third-order valence-corrected chi connectivity index (χ3v) is 4.27. The molecule has 0 spiro atoms. The summed E-state index contributed by atoms with van der Waals surface area (Å²) in [6.45, 7) is 3.96. The van der Waals surface area contributed by atoms with Crippen LogP contribution in [-0.2, 0) is 13.0 Å². The third kappa shape index (κ3) is 5.06. The second-order valence-electron chi connectivity index (χ2n) is 4.71. The molecule has 0 saturated heterocycles. The lowest BCUT2D eigenvalue weighted by molar-refractivity contribution is 0.199. The first-order valence-corrected chi connectivity index (χ1v) is 8.24. The summed E-state index contributed by atoms with van der Waals surface area (Å²) in [5.41, 5.74) is 1.13. The fraction of sp³-hybridized carbons (Fsp3) is 0.312. The number of benzene rings is 1. The summed E-state index contributed by atoms with van der Waals surface area (Å²) in [5.74, 6) is 0. The van der Waals surface area contributed by atoms with Gasteiger partial charge in [-0.2, -0.15) is 0 Å². The normalized spacial score (nSPS) is 10.4. The van der Waals surface area contributed by atoms with Crippen LogP contribution in [0.2, 0.25) is 5.02 Å². The minimum absolute atomic E-state index is 0.0204. The molecule has 112 valence electrons. The van der Waals surface area contributed by atoms with Gasteiger partial charge in [-0.15, -0.1) is 11.3 Å². The molecule has 2 rings (SSSR count). The van der Waals surface area contributed by atoms with E-state index in [1.807, 2.05) is 53.6 Å². The molecule has 1 N–H and O–H groups in total. The van der Waals surface area contributed by atoms with E-state index in [4.69, 9.17) is 11.6 Å². The van der Waals surface area contributed by atoms with E-state index in [0.717, 1.165) is 17.0 Å². The SMILES string of the molecule is CCN(Cc1cccs1)C(=O)NCCc1cccc(Cl)c1. The van der Waals surface area contributed by atoms with Gasteiger partial charge < -0.3 is 10.2 Å². The van der Waals surface area contributed by atoms with Gasteiger partial charge in [0.05, 0.1) is 6.54 Å². The number of hydrogen-bond donors (Lipinski definition) is 1. The molecule has 2 aromatic rings. The van der Waals surface area contributed by atoms with Crippen LogP contribution in [0.4, 0.5) is 4.79 Å². The first kappa shape index (κ1) is 15.9. The van der Waals surface area contributed by atoms with Gasteiger partial charge in [0.15, 0.2) is 0 Å². The van der Waals surface area contributed by atoms with Gasteiger partial charge in [-0.1, -0.05) is 29.8 Å². The van der Waals surface area contributed by atoms with Gasteiger partial charge in [-0.25, -0.2) is 4.79 Å². The van der Waals surface area contributed by atoms with Crippen LogP contribution in [0.3, 0.4) is 0 Å². The highest BCUT2D eigenvalue weighted by atomic mass is 35.5. The molecule has 1 heterocycles. The predicted octanol–water partition coefficient (Wildman–Crippen LogP) is 4.18. The van der Waals surface area contributed by atoms with E-state index in [9.17, 15) is 4.79 Å². The van der Waals surface area contributed by atoms with Crippen molar-refractivity contribution in [2.24, 2.45) is 0 Å². The number of carbonyl (C=O) groups excluding carboxylic acids is 1. The van der Waals surface area contributed by atoms with Gasteiger partial charge in [-0.05, 0) is 42.5 Å². The van der Waals surface area contributed by atoms with Gasteiger partial charge in [0.1, 0.15) is 0 Å². The van der Waals surface area contributed by atoms with Crippen molar-refractivity contribution in [1.82, 2.24) is 10.2 Å². The molecule has 5 heteroatoms. The van der Waals surface area contributed by atoms with Crippen LogP contribution in [0.15, 0.2) is 41.8 Å². The maximum Gasteiger partial charge on any atom is 0.317 e. The Morgan fingerprint density at radius 2 is 2.19 bits per heavy atom. The standard InChI is InChI=1S/C16H19ClN2OS/c1-2-19(12-15-7-4-10-21-15)16(20)18-9-8-13-5-3-6-14(17)11-13/h3-7,10-11H,2,8-9,12H2,1H3,(H,18,20). The number of nitrogens with zero attached hydrogens (tertiary/aromatic N) is 1. The molecule has 2 amide bonds. The quantitative estimate of drug-likeness (QED) is 0.850. The molecule has 0 fully saturated rings. The number of halogens is 1. The monoisotopic (exact) mass is 322 g/mol. The van der Waals surface area contributed by atoms with E-state index in [1.54, 1.807) is 11.3 Å². The summed E-state index contributed by atoms with van der Waals surface area (Å²) in [6.07, 6.45) is 0.781. The Hall–Kier alpha value is -1.52. The largest absolute Gasteiger partial charge is 0.338 e. The van der Waals surface area contributed by atoms with Crippen LogP contribution in [0.1, 0.15) is 17.4 Å². The Balaban J connectivity index is 1.80. The Morgan fingerprint density at radius 3 is 2.86 bits per heavy atom. The van der Waals surface area contributed by atoms with Crippen molar-refractivity contribution in [1.29, 1.82) is 0 Å². The smallest absolute Gasteiger partial charge is 0.317 e. The van der Waals surface area contributed by atoms with Crippen molar-refractivity contribution in [2.75, 3.05) is 13.1 Å². The lowest BCUT2D eigenvalue weighted by Gasteiger charge is -2.20. The lowest BCUT2D eigenvalue weighted by atomic mass is 10.1. The minimum atomic E-state index is -0.0204. The fourth-order valence-electron chi connectivity index (χ4n) is 2.04. The number of rotatable bonds is 6. The van der Waals surface area contributed by atoms with Gasteiger partial charge in [0.25, 0.3) is 0 Å². The summed E-state index contributed by atoms with van der Waals surface area (Å²) < 4.78 is 0. The van der Waals surface area contributed by atoms with E-state index >= 15 is 0 Å². The van der Waals surface area contributed by atoms with Crippen molar-refractivity contribution < 1.29 is 4.79 Å². The summed E-state index contributed by atoms with van der Waals surface area (Å²) in [6, 6.07) is 11.8. The number of hydrogen-bond acceptors (Lipinski definition) is 2. The molecular weight excluding hydrogens is 304 g/mol. The summed E-state index contributed by atoms with van der Waals surface area (Å²) in [5, 5.41) is 5.72. The van der Waals surface area contributed by atoms with E-state index in [-0.39, 0.29) is 6.03 Å². The van der Waals surface area contributed by atoms with Gasteiger partial charge in [0.2, 0.25) is 0 Å². The van der Waals surface area contributed by atoms with Crippen molar-refractivity contribution in [2.45, 2.75) is 19.9 Å². The maximum absolute atomic E-state index is 12.2. The van der Waals surface area contributed by atoms with Gasteiger partial charge >= 0.3 is 6.03 Å². The average Bonchev–Trinajstić information content (AvgIpc) is 2.97. The van der Waals surface area contributed by atoms with Gasteiger partial charge in [-0.3, -0.25) is 0 Å². The highest BCUT2D eigenvalue weighted by Crippen LogP contribution is 2.12. The molecule has 1 aromatic carbocycles. The number of amides is 2. The molecule has 3 nitrogen and oxygen atoms in total. The minimum Gasteiger partial charge on any atom is -0.338 e. The molecule has 0 aliphatic heterocycles. The van der Waals surface area contributed by atoms with Crippen molar-refractivity contribution >= 4 is 29.0 Å². The zero-order chi connectivity index (χ0) is 15.1. The lowest BCUT2D eigenvalue weighted by Crippen LogP contribution is -2.40. The molecule has 0 bridgehead atoms. The molecule has 0 unspecified atom stereocenters. The highest BCUT2D eigenvalue weighted by molar-refractivity contribution is 7.09. The summed E-state index contributed by atoms with van der Waals surface area (Å²) in [4.78, 5) is 15.2.